The smallest absolute Gasteiger partial charge is 0.160 e. The minimum atomic E-state index is -0.838. The Labute approximate surface area is 174 Å². The first kappa shape index (κ1) is 18.9. The highest BCUT2D eigenvalue weighted by Gasteiger charge is 2.28. The number of nitrogens with zero attached hydrogens (tertiary/aromatic N) is 2. The van der Waals surface area contributed by atoms with Gasteiger partial charge in [0.15, 0.2) is 11.6 Å². The van der Waals surface area contributed by atoms with Crippen molar-refractivity contribution in [2.75, 3.05) is 23.4 Å². The molecule has 1 fully saturated rings. The maximum Gasteiger partial charge on any atom is 0.160 e. The highest BCUT2D eigenvalue weighted by atomic mass is 32.2. The van der Waals surface area contributed by atoms with Crippen LogP contribution >= 0.6 is 11.8 Å². The van der Waals surface area contributed by atoms with Crippen molar-refractivity contribution in [1.82, 2.24) is 9.47 Å². The van der Waals surface area contributed by atoms with Gasteiger partial charge in [-0.15, -0.1) is 0 Å². The Bertz CT molecular complexity index is 1060. The molecule has 0 bridgehead atoms. The van der Waals surface area contributed by atoms with Crippen molar-refractivity contribution in [3.05, 3.63) is 59.3 Å². The Morgan fingerprint density at radius 3 is 2.55 bits per heavy atom. The first-order valence-electron chi connectivity index (χ1n) is 10.2. The van der Waals surface area contributed by atoms with Crippen molar-refractivity contribution >= 4 is 34.0 Å². The summed E-state index contributed by atoms with van der Waals surface area (Å²) in [6, 6.07) is 10.9. The molecule has 3 heterocycles. The minimum Gasteiger partial charge on any atom is -0.355 e. The number of anilines is 2. The Hall–Kier alpha value is -2.05. The number of thioether (sulfide) groups is 1. The largest absolute Gasteiger partial charge is 0.355 e. The molecule has 1 saturated heterocycles. The number of aromatic nitrogens is 1. The van der Waals surface area contributed by atoms with Gasteiger partial charge in [-0.05, 0) is 60.2 Å². The second-order valence-corrected chi connectivity index (χ2v) is 9.26. The molecule has 2 aliphatic heterocycles. The monoisotopic (exact) mass is 413 g/mol. The van der Waals surface area contributed by atoms with E-state index < -0.39 is 11.6 Å². The topological polar surface area (TPSA) is 20.2 Å². The van der Waals surface area contributed by atoms with Crippen LogP contribution in [0, 0.1) is 11.6 Å². The second-order valence-electron chi connectivity index (χ2n) is 8.03. The van der Waals surface area contributed by atoms with Crippen LogP contribution < -0.4 is 5.32 Å². The predicted octanol–water partition coefficient (Wildman–Crippen LogP) is 5.45. The van der Waals surface area contributed by atoms with Gasteiger partial charge in [0.25, 0.3) is 0 Å². The third-order valence-electron chi connectivity index (χ3n) is 6.35. The third-order valence-corrected chi connectivity index (χ3v) is 7.40. The number of nitrogens with one attached hydrogen (secondary N) is 1. The molecule has 3 nitrogen and oxygen atoms in total. The van der Waals surface area contributed by atoms with Gasteiger partial charge in [0.1, 0.15) is 0 Å². The van der Waals surface area contributed by atoms with Crippen LogP contribution in [0.4, 0.5) is 20.2 Å². The molecule has 0 spiro atoms. The van der Waals surface area contributed by atoms with E-state index in [0.717, 1.165) is 31.3 Å². The Morgan fingerprint density at radius 2 is 1.76 bits per heavy atom. The normalized spacial score (nSPS) is 18.2. The zero-order chi connectivity index (χ0) is 20.0. The molecule has 29 heavy (non-hydrogen) atoms. The van der Waals surface area contributed by atoms with E-state index in [4.69, 9.17) is 0 Å². The number of benzene rings is 2. The van der Waals surface area contributed by atoms with E-state index >= 15 is 0 Å². The first-order valence-corrected chi connectivity index (χ1v) is 11.4. The summed E-state index contributed by atoms with van der Waals surface area (Å²) in [5.74, 6) is 0.872. The van der Waals surface area contributed by atoms with E-state index in [0.29, 0.717) is 11.7 Å². The molecule has 6 heteroatoms. The maximum absolute atomic E-state index is 13.6. The second kappa shape index (κ2) is 7.65. The average Bonchev–Trinajstić information content (AvgIpc) is 3.03. The zero-order valence-electron chi connectivity index (χ0n) is 16.5. The molecular formula is C23H25F2N3S. The van der Waals surface area contributed by atoms with Crippen molar-refractivity contribution in [3.8, 4) is 0 Å². The number of halogens is 2. The zero-order valence-corrected chi connectivity index (χ0v) is 17.4. The Morgan fingerprint density at radius 1 is 1.00 bits per heavy atom. The number of rotatable bonds is 3. The fraction of sp³-hybridized carbons (Fsp3) is 0.391. The lowest BCUT2D eigenvalue weighted by atomic mass is 10.0. The van der Waals surface area contributed by atoms with Crippen molar-refractivity contribution in [2.24, 2.45) is 7.05 Å². The molecule has 152 valence electrons. The summed E-state index contributed by atoms with van der Waals surface area (Å²) in [6.07, 6.45) is 3.65. The van der Waals surface area contributed by atoms with E-state index in [-0.39, 0.29) is 0 Å². The lowest BCUT2D eigenvalue weighted by Crippen LogP contribution is -2.41. The van der Waals surface area contributed by atoms with Gasteiger partial charge in [0.05, 0.1) is 0 Å². The molecule has 5 rings (SSSR count). The van der Waals surface area contributed by atoms with E-state index in [9.17, 15) is 8.78 Å². The summed E-state index contributed by atoms with van der Waals surface area (Å²) in [6.45, 7) is 2.13. The summed E-state index contributed by atoms with van der Waals surface area (Å²) in [5, 5.41) is 4.48. The quantitative estimate of drug-likeness (QED) is 0.616. The molecule has 0 amide bonds. The Kier molecular flexibility index (Phi) is 5.00. The predicted molar refractivity (Wildman–Crippen MR) is 117 cm³/mol. The Balaban J connectivity index is 1.47. The summed E-state index contributed by atoms with van der Waals surface area (Å²) < 4.78 is 29.1. The fourth-order valence-corrected chi connectivity index (χ4v) is 5.86. The van der Waals surface area contributed by atoms with Crippen LogP contribution in [0.3, 0.4) is 0 Å². The van der Waals surface area contributed by atoms with Crippen LogP contribution in [0.1, 0.15) is 24.1 Å². The minimum absolute atomic E-state index is 0.550. The highest BCUT2D eigenvalue weighted by Crippen LogP contribution is 2.35. The third kappa shape index (κ3) is 3.53. The highest BCUT2D eigenvalue weighted by molar-refractivity contribution is 7.99. The standard InChI is InChI=1S/C23H25F2N3S/c1-27-22-5-3-15(26-16-2-4-20(24)21(25)13-16)12-18(22)19-14-28(9-6-23(19)27)17-7-10-29-11-8-17/h2-5,12-13,17,26H,6-11,14H2,1H3. The van der Waals surface area contributed by atoms with Gasteiger partial charge in [0, 0.05) is 66.6 Å². The van der Waals surface area contributed by atoms with E-state index in [1.165, 1.54) is 52.6 Å². The number of aryl methyl sites for hydroxylation is 1. The van der Waals surface area contributed by atoms with Gasteiger partial charge in [0.2, 0.25) is 0 Å². The first-order chi connectivity index (χ1) is 14.1. The summed E-state index contributed by atoms with van der Waals surface area (Å²) >= 11 is 2.07. The maximum atomic E-state index is 13.6. The average molecular weight is 414 g/mol. The molecule has 0 atom stereocenters. The van der Waals surface area contributed by atoms with Crippen LogP contribution in [0.15, 0.2) is 36.4 Å². The number of hydrogen-bond donors (Lipinski definition) is 1. The molecule has 1 N–H and O–H groups in total. The van der Waals surface area contributed by atoms with Crippen LogP contribution in [0.5, 0.6) is 0 Å². The molecule has 3 aromatic rings. The molecule has 0 saturated carbocycles. The molecular weight excluding hydrogens is 388 g/mol. The van der Waals surface area contributed by atoms with Crippen LogP contribution in [-0.2, 0) is 20.0 Å². The SMILES string of the molecule is Cn1c2c(c3cc(Nc4ccc(F)c(F)c4)ccc31)CN(C1CCSCC1)CC2. The van der Waals surface area contributed by atoms with Crippen molar-refractivity contribution in [1.29, 1.82) is 0 Å². The van der Waals surface area contributed by atoms with Gasteiger partial charge < -0.3 is 9.88 Å². The van der Waals surface area contributed by atoms with Gasteiger partial charge in [-0.25, -0.2) is 8.78 Å². The lowest BCUT2D eigenvalue weighted by Gasteiger charge is -2.37. The summed E-state index contributed by atoms with van der Waals surface area (Å²) in [7, 11) is 2.15. The molecule has 0 aliphatic carbocycles. The number of hydrogen-bond acceptors (Lipinski definition) is 3. The van der Waals surface area contributed by atoms with Gasteiger partial charge >= 0.3 is 0 Å². The van der Waals surface area contributed by atoms with Crippen LogP contribution in [0.25, 0.3) is 10.9 Å². The van der Waals surface area contributed by atoms with Gasteiger partial charge in [-0.3, -0.25) is 4.90 Å². The molecule has 2 aliphatic rings. The molecule has 1 aromatic heterocycles. The van der Waals surface area contributed by atoms with Gasteiger partial charge in [-0.1, -0.05) is 0 Å². The molecule has 2 aromatic carbocycles. The van der Waals surface area contributed by atoms with E-state index in [1.807, 2.05) is 6.07 Å². The van der Waals surface area contributed by atoms with Crippen molar-refractivity contribution in [2.45, 2.75) is 31.8 Å². The fourth-order valence-electron chi connectivity index (χ4n) is 4.78. The van der Waals surface area contributed by atoms with E-state index in [2.05, 4.69) is 45.7 Å². The van der Waals surface area contributed by atoms with Crippen molar-refractivity contribution in [3.63, 3.8) is 0 Å². The van der Waals surface area contributed by atoms with Gasteiger partial charge in [-0.2, -0.15) is 11.8 Å². The van der Waals surface area contributed by atoms with Crippen LogP contribution in [-0.4, -0.2) is 33.6 Å². The van der Waals surface area contributed by atoms with Crippen LogP contribution in [0.2, 0.25) is 0 Å². The summed E-state index contributed by atoms with van der Waals surface area (Å²) in [5.41, 5.74) is 5.51. The number of fused-ring (bicyclic) bond motifs is 3. The molecule has 0 radical (unpaired) electrons. The van der Waals surface area contributed by atoms with Crippen molar-refractivity contribution < 1.29 is 8.78 Å². The molecule has 0 unspecified atom stereocenters. The summed E-state index contributed by atoms with van der Waals surface area (Å²) in [4.78, 5) is 2.66. The van der Waals surface area contributed by atoms with E-state index in [1.54, 1.807) is 6.07 Å². The lowest BCUT2D eigenvalue weighted by molar-refractivity contribution is 0.168.